The van der Waals surface area contributed by atoms with Gasteiger partial charge in [0.05, 0.1) is 10.6 Å². The second-order valence-electron chi connectivity index (χ2n) is 4.62. The zero-order chi connectivity index (χ0) is 14.0. The van der Waals surface area contributed by atoms with E-state index < -0.39 is 0 Å². The Kier molecular flexibility index (Phi) is 5.03. The van der Waals surface area contributed by atoms with Gasteiger partial charge in [0.15, 0.2) is 0 Å². The summed E-state index contributed by atoms with van der Waals surface area (Å²) in [5.74, 6) is 0.136. The summed E-state index contributed by atoms with van der Waals surface area (Å²) in [5, 5.41) is 0.576. The summed E-state index contributed by atoms with van der Waals surface area (Å²) in [6.45, 7) is 1.36. The van der Waals surface area contributed by atoms with Gasteiger partial charge in [-0.3, -0.25) is 4.79 Å². The molecule has 1 aliphatic heterocycles. The van der Waals surface area contributed by atoms with Gasteiger partial charge in [-0.2, -0.15) is 0 Å². The van der Waals surface area contributed by atoms with Gasteiger partial charge in [-0.05, 0) is 53.6 Å². The third-order valence-electron chi connectivity index (χ3n) is 3.27. The SMILES string of the molecule is NC(=S)C1CCCN(C(=O)c2cc(Cl)ccc2I)C1. The summed E-state index contributed by atoms with van der Waals surface area (Å²) in [5.41, 5.74) is 6.34. The van der Waals surface area contributed by atoms with Crippen molar-refractivity contribution in [3.63, 3.8) is 0 Å². The summed E-state index contributed by atoms with van der Waals surface area (Å²) >= 11 is 13.1. The fourth-order valence-corrected chi connectivity index (χ4v) is 3.16. The molecule has 0 aromatic heterocycles. The highest BCUT2D eigenvalue weighted by Crippen LogP contribution is 2.23. The summed E-state index contributed by atoms with van der Waals surface area (Å²) in [6.07, 6.45) is 1.90. The molecule has 6 heteroatoms. The molecule has 1 fully saturated rings. The smallest absolute Gasteiger partial charge is 0.255 e. The van der Waals surface area contributed by atoms with E-state index in [9.17, 15) is 4.79 Å². The van der Waals surface area contributed by atoms with Gasteiger partial charge in [-0.1, -0.05) is 23.8 Å². The molecule has 0 spiro atoms. The Bertz CT molecular complexity index is 523. The second kappa shape index (κ2) is 6.37. The lowest BCUT2D eigenvalue weighted by atomic mass is 9.97. The Labute approximate surface area is 136 Å². The van der Waals surface area contributed by atoms with Crippen molar-refractivity contribution in [3.8, 4) is 0 Å². The number of nitrogens with two attached hydrogens (primary N) is 1. The van der Waals surface area contributed by atoms with Gasteiger partial charge >= 0.3 is 0 Å². The van der Waals surface area contributed by atoms with E-state index >= 15 is 0 Å². The maximum atomic E-state index is 12.5. The number of nitrogens with zero attached hydrogens (tertiary/aromatic N) is 1. The monoisotopic (exact) mass is 408 g/mol. The van der Waals surface area contributed by atoms with E-state index in [0.29, 0.717) is 22.1 Å². The minimum Gasteiger partial charge on any atom is -0.393 e. The number of thiocarbonyl (C=S) groups is 1. The van der Waals surface area contributed by atoms with E-state index in [-0.39, 0.29) is 11.8 Å². The molecule has 2 N–H and O–H groups in total. The fourth-order valence-electron chi connectivity index (χ4n) is 2.23. The first-order valence-electron chi connectivity index (χ1n) is 6.02. The molecular weight excluding hydrogens is 395 g/mol. The van der Waals surface area contributed by atoms with E-state index in [0.717, 1.165) is 23.0 Å². The molecule has 0 aliphatic carbocycles. The number of amides is 1. The first kappa shape index (κ1) is 15.0. The van der Waals surface area contributed by atoms with Crippen molar-refractivity contribution in [1.82, 2.24) is 4.90 Å². The zero-order valence-electron chi connectivity index (χ0n) is 10.2. The predicted molar refractivity (Wildman–Crippen MR) is 89.6 cm³/mol. The molecule has 3 nitrogen and oxygen atoms in total. The molecule has 1 aromatic carbocycles. The van der Waals surface area contributed by atoms with Gasteiger partial charge in [0, 0.05) is 27.6 Å². The van der Waals surface area contributed by atoms with Crippen LogP contribution in [0.15, 0.2) is 18.2 Å². The third-order valence-corrected chi connectivity index (χ3v) is 4.78. The number of rotatable bonds is 2. The topological polar surface area (TPSA) is 46.3 Å². The first-order chi connectivity index (χ1) is 8.99. The highest BCUT2D eigenvalue weighted by atomic mass is 127. The molecule has 1 heterocycles. The van der Waals surface area contributed by atoms with Crippen LogP contribution in [0.25, 0.3) is 0 Å². The van der Waals surface area contributed by atoms with Crippen LogP contribution < -0.4 is 5.73 Å². The van der Waals surface area contributed by atoms with Crippen LogP contribution in [0.1, 0.15) is 23.2 Å². The normalized spacial score (nSPS) is 19.3. The molecule has 1 aromatic rings. The van der Waals surface area contributed by atoms with Crippen molar-refractivity contribution in [1.29, 1.82) is 0 Å². The molecule has 1 saturated heterocycles. The molecule has 1 unspecified atom stereocenters. The van der Waals surface area contributed by atoms with Gasteiger partial charge < -0.3 is 10.6 Å². The highest BCUT2D eigenvalue weighted by Gasteiger charge is 2.26. The number of piperidine rings is 1. The van der Waals surface area contributed by atoms with Crippen molar-refractivity contribution in [2.45, 2.75) is 12.8 Å². The number of carbonyl (C=O) groups is 1. The number of benzene rings is 1. The van der Waals surface area contributed by atoms with E-state index in [1.165, 1.54) is 0 Å². The summed E-state index contributed by atoms with van der Waals surface area (Å²) in [6, 6.07) is 5.36. The van der Waals surface area contributed by atoms with Crippen LogP contribution in [0.2, 0.25) is 5.02 Å². The Hall–Kier alpha value is -0.400. The van der Waals surface area contributed by atoms with Crippen LogP contribution in [0, 0.1) is 9.49 Å². The van der Waals surface area contributed by atoms with Gasteiger partial charge in [0.25, 0.3) is 5.91 Å². The zero-order valence-corrected chi connectivity index (χ0v) is 14.0. The maximum absolute atomic E-state index is 12.5. The Morgan fingerprint density at radius 1 is 1.53 bits per heavy atom. The standard InChI is InChI=1S/C13H14ClIN2OS/c14-9-3-4-11(15)10(6-9)13(18)17-5-1-2-8(7-17)12(16)19/h3-4,6,8H,1-2,5,7H2,(H2,16,19). The Morgan fingerprint density at radius 2 is 2.26 bits per heavy atom. The highest BCUT2D eigenvalue weighted by molar-refractivity contribution is 14.1. The summed E-state index contributed by atoms with van der Waals surface area (Å²) in [7, 11) is 0. The Morgan fingerprint density at radius 3 is 2.95 bits per heavy atom. The van der Waals surface area contributed by atoms with E-state index in [1.807, 2.05) is 11.0 Å². The number of halogens is 2. The predicted octanol–water partition coefficient (Wildman–Crippen LogP) is 3.08. The summed E-state index contributed by atoms with van der Waals surface area (Å²) in [4.78, 5) is 14.8. The molecule has 0 saturated carbocycles. The average Bonchev–Trinajstić information content (AvgIpc) is 2.41. The minimum atomic E-state index is 0.00727. The molecule has 1 aliphatic rings. The van der Waals surface area contributed by atoms with Crippen LogP contribution >= 0.6 is 46.4 Å². The minimum absolute atomic E-state index is 0.00727. The van der Waals surface area contributed by atoms with Crippen LogP contribution in [0.5, 0.6) is 0 Å². The lowest BCUT2D eigenvalue weighted by Crippen LogP contribution is -2.43. The van der Waals surface area contributed by atoms with Gasteiger partial charge in [0.1, 0.15) is 0 Å². The molecule has 1 amide bonds. The van der Waals surface area contributed by atoms with Crippen LogP contribution in [0.3, 0.4) is 0 Å². The van der Waals surface area contributed by atoms with Crippen molar-refractivity contribution < 1.29 is 4.79 Å². The lowest BCUT2D eigenvalue weighted by molar-refractivity contribution is 0.0702. The fraction of sp³-hybridized carbons (Fsp3) is 0.385. The molecule has 0 radical (unpaired) electrons. The van der Waals surface area contributed by atoms with Gasteiger partial charge in [-0.25, -0.2) is 0 Å². The molecule has 19 heavy (non-hydrogen) atoms. The maximum Gasteiger partial charge on any atom is 0.255 e. The number of carbonyl (C=O) groups excluding carboxylic acids is 1. The van der Waals surface area contributed by atoms with Crippen molar-refractivity contribution in [3.05, 3.63) is 32.4 Å². The second-order valence-corrected chi connectivity index (χ2v) is 6.69. The van der Waals surface area contributed by atoms with Crippen molar-refractivity contribution in [2.24, 2.45) is 11.7 Å². The molecule has 1 atom stereocenters. The van der Waals surface area contributed by atoms with Crippen molar-refractivity contribution in [2.75, 3.05) is 13.1 Å². The van der Waals surface area contributed by atoms with Crippen molar-refractivity contribution >= 4 is 57.3 Å². The molecular formula is C13H14ClIN2OS. The van der Waals surface area contributed by atoms with Crippen LogP contribution in [-0.2, 0) is 0 Å². The number of likely N-dealkylation sites (tertiary alicyclic amines) is 1. The van der Waals surface area contributed by atoms with Crippen LogP contribution in [0.4, 0.5) is 0 Å². The Balaban J connectivity index is 2.19. The van der Waals surface area contributed by atoms with Gasteiger partial charge in [0.2, 0.25) is 0 Å². The van der Waals surface area contributed by atoms with E-state index in [2.05, 4.69) is 22.6 Å². The quantitative estimate of drug-likeness (QED) is 0.604. The molecule has 2 rings (SSSR count). The number of hydrogen-bond donors (Lipinski definition) is 1. The third kappa shape index (κ3) is 3.58. The number of hydrogen-bond acceptors (Lipinski definition) is 2. The average molecular weight is 409 g/mol. The first-order valence-corrected chi connectivity index (χ1v) is 7.89. The van der Waals surface area contributed by atoms with Crippen LogP contribution in [-0.4, -0.2) is 28.9 Å². The van der Waals surface area contributed by atoms with E-state index in [1.54, 1.807) is 12.1 Å². The van der Waals surface area contributed by atoms with E-state index in [4.69, 9.17) is 29.6 Å². The molecule has 0 bridgehead atoms. The largest absolute Gasteiger partial charge is 0.393 e. The molecule has 102 valence electrons. The lowest BCUT2D eigenvalue weighted by Gasteiger charge is -2.32. The summed E-state index contributed by atoms with van der Waals surface area (Å²) < 4.78 is 0.907. The van der Waals surface area contributed by atoms with Gasteiger partial charge in [-0.15, -0.1) is 0 Å².